The average Bonchev–Trinajstić information content (AvgIpc) is 2.90. The molecule has 0 atom stereocenters. The van der Waals surface area contributed by atoms with Crippen LogP contribution in [0.25, 0.3) is 11.1 Å². The lowest BCUT2D eigenvalue weighted by molar-refractivity contribution is 0.199. The number of hydrogen-bond acceptors (Lipinski definition) is 5. The summed E-state index contributed by atoms with van der Waals surface area (Å²) in [6.45, 7) is 5.71. The molecule has 1 aliphatic rings. The van der Waals surface area contributed by atoms with Crippen molar-refractivity contribution in [3.63, 3.8) is 0 Å². The molecule has 0 unspecified atom stereocenters. The minimum absolute atomic E-state index is 0. The van der Waals surface area contributed by atoms with Gasteiger partial charge >= 0.3 is 6.09 Å². The number of nitrogens with one attached hydrogen (secondary N) is 1. The minimum Gasteiger partial charge on any atom is -0.495 e. The van der Waals surface area contributed by atoms with E-state index in [0.29, 0.717) is 12.3 Å². The number of anilines is 1. The van der Waals surface area contributed by atoms with Crippen molar-refractivity contribution in [2.45, 2.75) is 12.8 Å². The van der Waals surface area contributed by atoms with Crippen LogP contribution in [0.5, 0.6) is 11.5 Å². The molecule has 0 aromatic heterocycles. The number of piperazine rings is 1. The van der Waals surface area contributed by atoms with Gasteiger partial charge in [-0.05, 0) is 54.8 Å². The highest BCUT2D eigenvalue weighted by Crippen LogP contribution is 2.28. The fourth-order valence-corrected chi connectivity index (χ4v) is 4.24. The number of halogens is 1. The molecule has 1 saturated heterocycles. The van der Waals surface area contributed by atoms with Crippen molar-refractivity contribution < 1.29 is 14.3 Å². The number of methoxy groups -OCH3 is 1. The smallest absolute Gasteiger partial charge is 0.412 e. The van der Waals surface area contributed by atoms with Crippen molar-refractivity contribution in [3.05, 3.63) is 78.9 Å². The van der Waals surface area contributed by atoms with Crippen molar-refractivity contribution in [2.75, 3.05) is 51.3 Å². The lowest BCUT2D eigenvalue weighted by atomic mass is 10.1. The third-order valence-corrected chi connectivity index (χ3v) is 6.14. The summed E-state index contributed by atoms with van der Waals surface area (Å²) in [4.78, 5) is 17.0. The molecule has 0 bridgehead atoms. The lowest BCUT2D eigenvalue weighted by Crippen LogP contribution is -2.46. The number of carbonyl (C=O) groups is 1. The molecule has 1 aliphatic heterocycles. The summed E-state index contributed by atoms with van der Waals surface area (Å²) in [5, 5.41) is 2.85. The van der Waals surface area contributed by atoms with Gasteiger partial charge in [-0.2, -0.15) is 0 Å². The minimum atomic E-state index is -0.405. The molecule has 186 valence electrons. The van der Waals surface area contributed by atoms with Crippen LogP contribution < -0.4 is 19.7 Å². The summed E-state index contributed by atoms with van der Waals surface area (Å²) in [5.74, 6) is 1.48. The summed E-state index contributed by atoms with van der Waals surface area (Å²) in [5.41, 5.74) is 3.40. The Balaban J connectivity index is 0.00000342. The molecule has 35 heavy (non-hydrogen) atoms. The number of benzene rings is 3. The first-order valence-corrected chi connectivity index (χ1v) is 11.9. The van der Waals surface area contributed by atoms with Gasteiger partial charge in [-0.25, -0.2) is 4.79 Å². The summed E-state index contributed by atoms with van der Waals surface area (Å²) in [6.07, 6.45) is 1.56. The zero-order chi connectivity index (χ0) is 23.6. The van der Waals surface area contributed by atoms with Crippen molar-refractivity contribution in [1.82, 2.24) is 10.2 Å². The molecule has 3 aromatic rings. The SMILES string of the molecule is COc1ccccc1N1CCN(CCCCNC(=O)Oc2ccc(-c3ccccc3)cc2)CC1.Cl. The number of hydrogen-bond donors (Lipinski definition) is 1. The van der Waals surface area contributed by atoms with Gasteiger partial charge < -0.3 is 19.7 Å². The van der Waals surface area contributed by atoms with Crippen molar-refractivity contribution >= 4 is 24.2 Å². The quantitative estimate of drug-likeness (QED) is 0.399. The summed E-state index contributed by atoms with van der Waals surface area (Å²) in [7, 11) is 1.72. The largest absolute Gasteiger partial charge is 0.495 e. The molecule has 1 fully saturated rings. The normalized spacial score (nSPS) is 13.6. The number of para-hydroxylation sites is 2. The monoisotopic (exact) mass is 495 g/mol. The number of unbranched alkanes of at least 4 members (excludes halogenated alkanes) is 1. The molecule has 0 aliphatic carbocycles. The van der Waals surface area contributed by atoms with Gasteiger partial charge in [-0.15, -0.1) is 12.4 Å². The molecule has 0 radical (unpaired) electrons. The standard InChI is InChI=1S/C28H33N3O3.ClH/c1-33-27-12-6-5-11-26(27)31-21-19-30(20-22-31)18-8-7-17-29-28(32)34-25-15-13-24(14-16-25)23-9-3-2-4-10-23;/h2-6,9-16H,7-8,17-22H2,1H3,(H,29,32);1H. The Bertz CT molecular complexity index is 1040. The molecule has 1 N–H and O–H groups in total. The average molecular weight is 496 g/mol. The Kier molecular flexibility index (Phi) is 10.3. The number of rotatable bonds is 9. The third-order valence-electron chi connectivity index (χ3n) is 6.14. The highest BCUT2D eigenvalue weighted by Gasteiger charge is 2.19. The Hall–Kier alpha value is -3.22. The Labute approximate surface area is 214 Å². The summed E-state index contributed by atoms with van der Waals surface area (Å²) in [6, 6.07) is 25.9. The molecular weight excluding hydrogens is 462 g/mol. The fraction of sp³-hybridized carbons (Fsp3) is 0.321. The first kappa shape index (κ1) is 26.4. The van der Waals surface area contributed by atoms with E-state index < -0.39 is 6.09 Å². The maximum Gasteiger partial charge on any atom is 0.412 e. The van der Waals surface area contributed by atoms with Crippen LogP contribution in [0, 0.1) is 0 Å². The predicted molar refractivity (Wildman–Crippen MR) is 144 cm³/mol. The second-order valence-corrected chi connectivity index (χ2v) is 8.41. The lowest BCUT2D eigenvalue weighted by Gasteiger charge is -2.36. The van der Waals surface area contributed by atoms with Gasteiger partial charge in [0, 0.05) is 32.7 Å². The molecule has 3 aromatic carbocycles. The van der Waals surface area contributed by atoms with E-state index in [1.165, 1.54) is 5.69 Å². The van der Waals surface area contributed by atoms with E-state index in [9.17, 15) is 4.79 Å². The number of carbonyl (C=O) groups excluding carboxylic acids is 1. The third kappa shape index (κ3) is 7.64. The Morgan fingerprint density at radius 1 is 0.829 bits per heavy atom. The predicted octanol–water partition coefficient (Wildman–Crippen LogP) is 5.47. The van der Waals surface area contributed by atoms with Crippen LogP contribution in [0.3, 0.4) is 0 Å². The molecule has 1 heterocycles. The summed E-state index contributed by atoms with van der Waals surface area (Å²) < 4.78 is 10.9. The maximum atomic E-state index is 12.1. The van der Waals surface area contributed by atoms with E-state index in [-0.39, 0.29) is 12.4 Å². The zero-order valence-electron chi connectivity index (χ0n) is 20.2. The van der Waals surface area contributed by atoms with E-state index in [2.05, 4.69) is 39.4 Å². The van der Waals surface area contributed by atoms with Crippen molar-refractivity contribution in [1.29, 1.82) is 0 Å². The van der Waals surface area contributed by atoms with Gasteiger partial charge in [0.05, 0.1) is 12.8 Å². The topological polar surface area (TPSA) is 54.0 Å². The molecule has 0 spiro atoms. The number of nitrogens with zero attached hydrogens (tertiary/aromatic N) is 2. The molecular formula is C28H34ClN3O3. The second kappa shape index (κ2) is 13.6. The van der Waals surface area contributed by atoms with Crippen molar-refractivity contribution in [2.24, 2.45) is 0 Å². The summed E-state index contributed by atoms with van der Waals surface area (Å²) >= 11 is 0. The Morgan fingerprint density at radius 3 is 2.20 bits per heavy atom. The first-order valence-electron chi connectivity index (χ1n) is 11.9. The van der Waals surface area contributed by atoms with Crippen LogP contribution in [-0.2, 0) is 0 Å². The molecule has 4 rings (SSSR count). The van der Waals surface area contributed by atoms with E-state index >= 15 is 0 Å². The van der Waals surface area contributed by atoms with Gasteiger partial charge in [0.15, 0.2) is 0 Å². The van der Waals surface area contributed by atoms with Crippen LogP contribution in [0.2, 0.25) is 0 Å². The van der Waals surface area contributed by atoms with E-state index in [1.54, 1.807) is 7.11 Å². The maximum absolute atomic E-state index is 12.1. The Morgan fingerprint density at radius 2 is 1.49 bits per heavy atom. The molecule has 1 amide bonds. The fourth-order valence-electron chi connectivity index (χ4n) is 4.24. The molecule has 6 nitrogen and oxygen atoms in total. The highest BCUT2D eigenvalue weighted by molar-refractivity contribution is 5.85. The highest BCUT2D eigenvalue weighted by atomic mass is 35.5. The molecule has 7 heteroatoms. The first-order chi connectivity index (χ1) is 16.7. The van der Waals surface area contributed by atoms with Gasteiger partial charge in [0.1, 0.15) is 11.5 Å². The van der Waals surface area contributed by atoms with Gasteiger partial charge in [0.25, 0.3) is 0 Å². The van der Waals surface area contributed by atoms with E-state index in [4.69, 9.17) is 9.47 Å². The zero-order valence-corrected chi connectivity index (χ0v) is 21.0. The number of ether oxygens (including phenoxy) is 2. The van der Waals surface area contributed by atoms with Gasteiger partial charge in [-0.1, -0.05) is 54.6 Å². The van der Waals surface area contributed by atoms with Crippen LogP contribution in [0.4, 0.5) is 10.5 Å². The van der Waals surface area contributed by atoms with Crippen LogP contribution in [-0.4, -0.2) is 57.4 Å². The molecule has 0 saturated carbocycles. The van der Waals surface area contributed by atoms with Crippen LogP contribution >= 0.6 is 12.4 Å². The number of amides is 1. The second-order valence-electron chi connectivity index (χ2n) is 8.41. The van der Waals surface area contributed by atoms with Crippen LogP contribution in [0.1, 0.15) is 12.8 Å². The van der Waals surface area contributed by atoms with Crippen molar-refractivity contribution in [3.8, 4) is 22.6 Å². The van der Waals surface area contributed by atoms with Gasteiger partial charge in [0.2, 0.25) is 0 Å². The van der Waals surface area contributed by atoms with Crippen LogP contribution in [0.15, 0.2) is 78.9 Å². The van der Waals surface area contributed by atoms with Gasteiger partial charge in [-0.3, -0.25) is 4.90 Å². The van der Waals surface area contributed by atoms with E-state index in [0.717, 1.165) is 62.4 Å². The van der Waals surface area contributed by atoms with E-state index in [1.807, 2.05) is 54.6 Å².